The summed E-state index contributed by atoms with van der Waals surface area (Å²) >= 11 is 0. The van der Waals surface area contributed by atoms with Gasteiger partial charge in [-0.25, -0.2) is 0 Å². The maximum absolute atomic E-state index is 13.0. The van der Waals surface area contributed by atoms with Gasteiger partial charge in [0.25, 0.3) is 0 Å². The topological polar surface area (TPSA) is 61.8 Å². The SMILES string of the molecule is CC(C)(C)OC(=O)[C@H]1[C@@H]2[C@H]3CO[C@H](O3)C(=O)[C@@]21c1ccccc1. The van der Waals surface area contributed by atoms with Crippen molar-refractivity contribution >= 4 is 11.8 Å². The number of hydrogen-bond acceptors (Lipinski definition) is 5. The van der Waals surface area contributed by atoms with Gasteiger partial charge in [0.15, 0.2) is 5.78 Å². The molecule has 0 amide bonds. The molecule has 1 aliphatic carbocycles. The summed E-state index contributed by atoms with van der Waals surface area (Å²) in [5.74, 6) is -1.17. The average Bonchev–Trinajstić information content (AvgIpc) is 3.02. The minimum Gasteiger partial charge on any atom is -0.460 e. The molecule has 4 rings (SSSR count). The quantitative estimate of drug-likeness (QED) is 0.779. The Balaban J connectivity index is 1.76. The van der Waals surface area contributed by atoms with E-state index in [0.29, 0.717) is 6.61 Å². The second kappa shape index (κ2) is 4.65. The Morgan fingerprint density at radius 3 is 2.61 bits per heavy atom. The molecule has 0 N–H and O–H groups in total. The van der Waals surface area contributed by atoms with Crippen molar-refractivity contribution in [2.45, 2.75) is 44.2 Å². The lowest BCUT2D eigenvalue weighted by Gasteiger charge is -2.25. The van der Waals surface area contributed by atoms with Crippen LogP contribution >= 0.6 is 0 Å². The van der Waals surface area contributed by atoms with Gasteiger partial charge in [-0.3, -0.25) is 9.59 Å². The molecule has 2 aliphatic heterocycles. The zero-order valence-electron chi connectivity index (χ0n) is 13.4. The first kappa shape index (κ1) is 14.8. The maximum Gasteiger partial charge on any atom is 0.311 e. The third kappa shape index (κ3) is 2.00. The standard InChI is InChI=1S/C18H20O5/c1-17(2,3)23-15(20)13-12-11-9-21-16(22-11)14(19)18(12,13)10-7-5-4-6-8-10/h4-8,11-13,16H,9H2,1-3H3/t11-,12+,13-,16-,18+/m1/s1. The molecule has 3 aliphatic rings. The number of hydrogen-bond donors (Lipinski definition) is 0. The fourth-order valence-corrected chi connectivity index (χ4v) is 4.11. The first-order valence-corrected chi connectivity index (χ1v) is 7.95. The molecule has 0 spiro atoms. The monoisotopic (exact) mass is 316 g/mol. The highest BCUT2D eigenvalue weighted by atomic mass is 16.7. The van der Waals surface area contributed by atoms with Crippen molar-refractivity contribution in [1.82, 2.24) is 0 Å². The molecule has 0 radical (unpaired) electrons. The van der Waals surface area contributed by atoms with Gasteiger partial charge in [0.05, 0.1) is 24.0 Å². The van der Waals surface area contributed by atoms with Gasteiger partial charge in [-0.05, 0) is 26.3 Å². The fourth-order valence-electron chi connectivity index (χ4n) is 4.11. The normalized spacial score (nSPS) is 38.1. The van der Waals surface area contributed by atoms with Crippen LogP contribution in [-0.2, 0) is 29.2 Å². The third-order valence-electron chi connectivity index (χ3n) is 4.91. The van der Waals surface area contributed by atoms with Crippen molar-refractivity contribution in [3.8, 4) is 0 Å². The summed E-state index contributed by atoms with van der Waals surface area (Å²) in [6.07, 6.45) is -1.08. The molecular formula is C18H20O5. The molecule has 2 bridgehead atoms. The Hall–Kier alpha value is -1.72. The maximum atomic E-state index is 13.0. The van der Waals surface area contributed by atoms with Gasteiger partial charge in [-0.2, -0.15) is 0 Å². The van der Waals surface area contributed by atoms with E-state index in [0.717, 1.165) is 5.56 Å². The van der Waals surface area contributed by atoms with Gasteiger partial charge in [0.1, 0.15) is 5.60 Å². The van der Waals surface area contributed by atoms with E-state index >= 15 is 0 Å². The van der Waals surface area contributed by atoms with Crippen LogP contribution in [0.4, 0.5) is 0 Å². The van der Waals surface area contributed by atoms with Crippen LogP contribution in [0.1, 0.15) is 26.3 Å². The minimum absolute atomic E-state index is 0.154. The summed E-state index contributed by atoms with van der Waals surface area (Å²) in [5, 5.41) is 0. The smallest absolute Gasteiger partial charge is 0.311 e. The molecule has 0 aromatic heterocycles. The highest BCUT2D eigenvalue weighted by Gasteiger charge is 2.81. The molecule has 5 heteroatoms. The van der Waals surface area contributed by atoms with Crippen molar-refractivity contribution < 1.29 is 23.8 Å². The van der Waals surface area contributed by atoms with E-state index in [4.69, 9.17) is 14.2 Å². The highest BCUT2D eigenvalue weighted by Crippen LogP contribution is 2.67. The minimum atomic E-state index is -0.858. The summed E-state index contributed by atoms with van der Waals surface area (Å²) in [7, 11) is 0. The van der Waals surface area contributed by atoms with Crippen LogP contribution in [0.2, 0.25) is 0 Å². The zero-order chi connectivity index (χ0) is 16.4. The number of carbonyl (C=O) groups excluding carboxylic acids is 2. The highest BCUT2D eigenvalue weighted by molar-refractivity contribution is 6.04. The van der Waals surface area contributed by atoms with E-state index in [1.165, 1.54) is 0 Å². The fraction of sp³-hybridized carbons (Fsp3) is 0.556. The van der Waals surface area contributed by atoms with Crippen LogP contribution in [0.25, 0.3) is 0 Å². The van der Waals surface area contributed by atoms with Crippen molar-refractivity contribution in [1.29, 1.82) is 0 Å². The van der Waals surface area contributed by atoms with Gasteiger partial charge in [-0.15, -0.1) is 0 Å². The Bertz CT molecular complexity index is 662. The first-order valence-electron chi connectivity index (χ1n) is 7.95. The van der Waals surface area contributed by atoms with Gasteiger partial charge >= 0.3 is 5.97 Å². The van der Waals surface area contributed by atoms with E-state index in [2.05, 4.69) is 0 Å². The molecule has 5 atom stereocenters. The van der Waals surface area contributed by atoms with Crippen molar-refractivity contribution in [2.24, 2.45) is 11.8 Å². The lowest BCUT2D eigenvalue weighted by atomic mass is 9.85. The average molecular weight is 316 g/mol. The molecule has 23 heavy (non-hydrogen) atoms. The molecular weight excluding hydrogens is 296 g/mol. The lowest BCUT2D eigenvalue weighted by Crippen LogP contribution is -2.41. The van der Waals surface area contributed by atoms with Crippen LogP contribution in [0, 0.1) is 11.8 Å². The second-order valence-electron chi connectivity index (χ2n) is 7.48. The number of esters is 1. The van der Waals surface area contributed by atoms with E-state index in [9.17, 15) is 9.59 Å². The lowest BCUT2D eigenvalue weighted by molar-refractivity contribution is -0.159. The van der Waals surface area contributed by atoms with Gasteiger partial charge in [0, 0.05) is 5.92 Å². The third-order valence-corrected chi connectivity index (χ3v) is 4.91. The Morgan fingerprint density at radius 1 is 1.26 bits per heavy atom. The first-order chi connectivity index (χ1) is 10.9. The molecule has 3 fully saturated rings. The second-order valence-corrected chi connectivity index (χ2v) is 7.48. The van der Waals surface area contributed by atoms with Crippen LogP contribution in [0.3, 0.4) is 0 Å². The Kier molecular flexibility index (Phi) is 3.00. The number of benzene rings is 1. The summed E-state index contributed by atoms with van der Waals surface area (Å²) in [6, 6.07) is 9.48. The van der Waals surface area contributed by atoms with Crippen molar-refractivity contribution in [3.63, 3.8) is 0 Å². The molecule has 1 aromatic rings. The number of fused-ring (bicyclic) bond motifs is 4. The van der Waals surface area contributed by atoms with Gasteiger partial charge < -0.3 is 14.2 Å². The molecule has 122 valence electrons. The predicted octanol–water partition coefficient (Wildman–Crippen LogP) is 1.84. The molecule has 5 nitrogen and oxygen atoms in total. The van der Waals surface area contributed by atoms with Gasteiger partial charge in [-0.1, -0.05) is 30.3 Å². The number of carbonyl (C=O) groups is 2. The molecule has 1 saturated carbocycles. The zero-order valence-corrected chi connectivity index (χ0v) is 13.4. The molecule has 2 heterocycles. The number of rotatable bonds is 2. The Labute approximate surface area is 134 Å². The summed E-state index contributed by atoms with van der Waals surface area (Å²) in [5.41, 5.74) is -0.581. The summed E-state index contributed by atoms with van der Waals surface area (Å²) in [6.45, 7) is 5.86. The largest absolute Gasteiger partial charge is 0.460 e. The molecule has 2 saturated heterocycles. The number of Topliss-reactive ketones (excluding diaryl/α,β-unsaturated/α-hetero) is 1. The van der Waals surface area contributed by atoms with E-state index in [-0.39, 0.29) is 23.8 Å². The van der Waals surface area contributed by atoms with E-state index in [1.54, 1.807) is 0 Å². The molecule has 1 aromatic carbocycles. The van der Waals surface area contributed by atoms with Crippen LogP contribution in [0.15, 0.2) is 30.3 Å². The van der Waals surface area contributed by atoms with Crippen molar-refractivity contribution in [3.05, 3.63) is 35.9 Å². The molecule has 0 unspecified atom stereocenters. The summed E-state index contributed by atoms with van der Waals surface area (Å²) in [4.78, 5) is 25.7. The summed E-state index contributed by atoms with van der Waals surface area (Å²) < 4.78 is 16.7. The predicted molar refractivity (Wildman–Crippen MR) is 80.6 cm³/mol. The van der Waals surface area contributed by atoms with E-state index < -0.39 is 23.2 Å². The van der Waals surface area contributed by atoms with Crippen LogP contribution in [-0.4, -0.2) is 36.4 Å². The van der Waals surface area contributed by atoms with Crippen molar-refractivity contribution in [2.75, 3.05) is 6.61 Å². The van der Waals surface area contributed by atoms with Crippen LogP contribution < -0.4 is 0 Å². The van der Waals surface area contributed by atoms with Crippen LogP contribution in [0.5, 0.6) is 0 Å². The number of ether oxygens (including phenoxy) is 3. The Morgan fingerprint density at radius 2 is 1.96 bits per heavy atom. The number of ketones is 1. The van der Waals surface area contributed by atoms with E-state index in [1.807, 2.05) is 51.1 Å². The van der Waals surface area contributed by atoms with Gasteiger partial charge in [0.2, 0.25) is 6.29 Å².